The lowest BCUT2D eigenvalue weighted by Gasteiger charge is -2.26. The molecule has 0 spiro atoms. The molecule has 3 aliphatic carbocycles. The van der Waals surface area contributed by atoms with Gasteiger partial charge in [-0.25, -0.2) is 0 Å². The van der Waals surface area contributed by atoms with Gasteiger partial charge in [-0.2, -0.15) is 0 Å². The van der Waals surface area contributed by atoms with E-state index in [0.717, 1.165) is 93.7 Å². The maximum absolute atomic E-state index is 11.4. The molecule has 7 rings (SSSR count). The number of nitrogens with zero attached hydrogens (tertiary/aromatic N) is 6. The van der Waals surface area contributed by atoms with Gasteiger partial charge in [-0.05, 0) is 112 Å². The van der Waals surface area contributed by atoms with Crippen LogP contribution in [0.2, 0.25) is 0 Å². The number of aliphatic imine (C=N–C) groups is 6. The Labute approximate surface area is 319 Å². The van der Waals surface area contributed by atoms with Gasteiger partial charge in [0.25, 0.3) is 0 Å². The van der Waals surface area contributed by atoms with Crippen molar-refractivity contribution in [2.75, 3.05) is 0 Å². The first-order chi connectivity index (χ1) is 26.2. The van der Waals surface area contributed by atoms with E-state index < -0.39 is 0 Å². The van der Waals surface area contributed by atoms with Crippen LogP contribution in [0.4, 0.5) is 0 Å². The SMILES string of the molecule is Cc1cc2c(O)c(c1)C=NC1CCCCC1N=Cc1cc(C)cc(c1O)C=NC1CCCCC1N=Cc1cc(C)cc(c1O)C=NC1CCCCC1N=C2. The maximum Gasteiger partial charge on any atom is 0.133 e. The van der Waals surface area contributed by atoms with Crippen molar-refractivity contribution in [3.63, 3.8) is 0 Å². The minimum Gasteiger partial charge on any atom is -0.507 e. The van der Waals surface area contributed by atoms with Crippen LogP contribution in [0.1, 0.15) is 127 Å². The van der Waals surface area contributed by atoms with Crippen molar-refractivity contribution in [1.29, 1.82) is 0 Å². The molecule has 3 aromatic carbocycles. The second-order valence-corrected chi connectivity index (χ2v) is 15.8. The van der Waals surface area contributed by atoms with Gasteiger partial charge in [-0.15, -0.1) is 0 Å². The minimum absolute atomic E-state index is 0.0317. The number of aromatic hydroxyl groups is 3. The Bertz CT molecular complexity index is 1660. The zero-order valence-corrected chi connectivity index (χ0v) is 31.9. The second-order valence-electron chi connectivity index (χ2n) is 15.8. The summed E-state index contributed by atoms with van der Waals surface area (Å²) in [7, 11) is 0. The zero-order valence-electron chi connectivity index (χ0n) is 31.9. The highest BCUT2D eigenvalue weighted by atomic mass is 16.3. The van der Waals surface area contributed by atoms with Gasteiger partial charge >= 0.3 is 0 Å². The Balaban J connectivity index is 1.29. The van der Waals surface area contributed by atoms with Crippen molar-refractivity contribution in [3.8, 4) is 17.2 Å². The Kier molecular flexibility index (Phi) is 11.8. The number of phenols is 3. The Morgan fingerprint density at radius 1 is 0.333 bits per heavy atom. The molecule has 1 aliphatic heterocycles. The van der Waals surface area contributed by atoms with E-state index in [-0.39, 0.29) is 53.5 Å². The number of fused-ring (bicyclic) bond motifs is 9. The van der Waals surface area contributed by atoms with Gasteiger partial charge in [0.2, 0.25) is 0 Å². The molecule has 9 heteroatoms. The van der Waals surface area contributed by atoms with Crippen LogP contribution in [0.5, 0.6) is 17.2 Å². The van der Waals surface area contributed by atoms with Crippen LogP contribution in [0, 0.1) is 20.8 Å². The van der Waals surface area contributed by atoms with Crippen LogP contribution in [0.3, 0.4) is 0 Å². The average molecular weight is 727 g/mol. The van der Waals surface area contributed by atoms with Crippen molar-refractivity contribution in [2.24, 2.45) is 30.0 Å². The van der Waals surface area contributed by atoms with E-state index in [0.29, 0.717) is 33.4 Å². The van der Waals surface area contributed by atoms with Crippen molar-refractivity contribution in [3.05, 3.63) is 86.5 Å². The van der Waals surface area contributed by atoms with Crippen LogP contribution in [0.15, 0.2) is 66.4 Å². The highest BCUT2D eigenvalue weighted by Gasteiger charge is 2.26. The molecule has 3 N–H and O–H groups in total. The first kappa shape index (κ1) is 37.4. The standard InChI is InChI=1S/C45H54N6O3/c1-28-16-31-22-46-37-10-4-6-12-39(37)48-24-33-18-29(2)20-35(44(33)53)26-50-41-14-8-9-15-42(41)51-27-36-21-30(3)19-34(45(36)54)25-49-40-13-7-5-11-38(40)47-23-32(17-28)43(31)52/h16-27,37-42,52-54H,4-15H2,1-3H3. The highest BCUT2D eigenvalue weighted by molar-refractivity contribution is 5.94. The third-order valence-corrected chi connectivity index (χ3v) is 11.5. The first-order valence-electron chi connectivity index (χ1n) is 19.9. The molecular formula is C45H54N6O3. The van der Waals surface area contributed by atoms with Crippen molar-refractivity contribution >= 4 is 37.3 Å². The van der Waals surface area contributed by atoms with Gasteiger partial charge in [-0.1, -0.05) is 38.5 Å². The van der Waals surface area contributed by atoms with Gasteiger partial charge < -0.3 is 15.3 Å². The lowest BCUT2D eigenvalue weighted by molar-refractivity contribution is 0.389. The molecular weight excluding hydrogens is 673 g/mol. The summed E-state index contributed by atoms with van der Waals surface area (Å²) in [5, 5.41) is 34.2. The van der Waals surface area contributed by atoms with Gasteiger partial charge in [0.05, 0.1) is 36.3 Å². The number of hydrogen-bond acceptors (Lipinski definition) is 9. The number of hydrogen-bond donors (Lipinski definition) is 3. The highest BCUT2D eigenvalue weighted by Crippen LogP contribution is 2.31. The summed E-state index contributed by atoms with van der Waals surface area (Å²) in [5.74, 6) is 0.485. The van der Waals surface area contributed by atoms with Gasteiger partial charge in [0, 0.05) is 70.7 Å². The summed E-state index contributed by atoms with van der Waals surface area (Å²) < 4.78 is 0. The van der Waals surface area contributed by atoms with E-state index in [1.54, 1.807) is 37.3 Å². The van der Waals surface area contributed by atoms with E-state index in [4.69, 9.17) is 30.0 Å². The quantitative estimate of drug-likeness (QED) is 0.214. The van der Waals surface area contributed by atoms with E-state index in [1.807, 2.05) is 57.2 Å². The summed E-state index contributed by atoms with van der Waals surface area (Å²) in [6, 6.07) is 11.6. The maximum atomic E-state index is 11.4. The molecule has 54 heavy (non-hydrogen) atoms. The summed E-state index contributed by atoms with van der Waals surface area (Å²) in [6.45, 7) is 6.06. The molecule has 3 aromatic rings. The first-order valence-corrected chi connectivity index (χ1v) is 19.9. The fourth-order valence-corrected chi connectivity index (χ4v) is 8.47. The lowest BCUT2D eigenvalue weighted by atomic mass is 9.91. The van der Waals surface area contributed by atoms with Crippen LogP contribution in [0.25, 0.3) is 0 Å². The molecule has 6 atom stereocenters. The molecule has 6 bridgehead atoms. The molecule has 3 fully saturated rings. The van der Waals surface area contributed by atoms with Crippen LogP contribution in [-0.4, -0.2) is 88.9 Å². The van der Waals surface area contributed by atoms with Gasteiger partial charge in [0.15, 0.2) is 0 Å². The minimum atomic E-state index is -0.0317. The molecule has 9 nitrogen and oxygen atoms in total. The summed E-state index contributed by atoms with van der Waals surface area (Å²) >= 11 is 0. The van der Waals surface area contributed by atoms with Crippen molar-refractivity contribution < 1.29 is 15.3 Å². The molecule has 4 aliphatic rings. The van der Waals surface area contributed by atoms with Crippen molar-refractivity contribution in [2.45, 2.75) is 134 Å². The second kappa shape index (κ2) is 17.0. The summed E-state index contributed by atoms with van der Waals surface area (Å²) in [5.41, 5.74) is 7.01. The predicted octanol–water partition coefficient (Wildman–Crippen LogP) is 8.59. The lowest BCUT2D eigenvalue weighted by Crippen LogP contribution is -2.27. The van der Waals surface area contributed by atoms with E-state index >= 15 is 0 Å². The molecule has 6 unspecified atom stereocenters. The summed E-state index contributed by atoms with van der Waals surface area (Å²) in [4.78, 5) is 30.0. The Morgan fingerprint density at radius 2 is 0.500 bits per heavy atom. The summed E-state index contributed by atoms with van der Waals surface area (Å²) in [6.07, 6.45) is 22.7. The molecule has 3 saturated carbocycles. The number of rotatable bonds is 0. The molecule has 282 valence electrons. The molecule has 0 radical (unpaired) electrons. The Hall–Kier alpha value is -4.92. The van der Waals surface area contributed by atoms with Gasteiger partial charge in [-0.3, -0.25) is 30.0 Å². The van der Waals surface area contributed by atoms with E-state index in [2.05, 4.69) is 0 Å². The predicted molar refractivity (Wildman–Crippen MR) is 222 cm³/mol. The van der Waals surface area contributed by atoms with Gasteiger partial charge in [0.1, 0.15) is 17.2 Å². The molecule has 0 aromatic heterocycles. The van der Waals surface area contributed by atoms with E-state index in [9.17, 15) is 15.3 Å². The molecule has 0 amide bonds. The fourth-order valence-electron chi connectivity index (χ4n) is 8.47. The monoisotopic (exact) mass is 726 g/mol. The third kappa shape index (κ3) is 8.88. The normalized spacial score (nSPS) is 26.1. The smallest absolute Gasteiger partial charge is 0.133 e. The topological polar surface area (TPSA) is 135 Å². The number of aryl methyl sites for hydroxylation is 3. The largest absolute Gasteiger partial charge is 0.507 e. The number of benzene rings is 3. The van der Waals surface area contributed by atoms with Crippen LogP contribution in [-0.2, 0) is 0 Å². The molecule has 1 heterocycles. The molecule has 0 saturated heterocycles. The van der Waals surface area contributed by atoms with Crippen LogP contribution < -0.4 is 0 Å². The van der Waals surface area contributed by atoms with Crippen molar-refractivity contribution in [1.82, 2.24) is 0 Å². The van der Waals surface area contributed by atoms with E-state index in [1.165, 1.54) is 0 Å². The van der Waals surface area contributed by atoms with Crippen LogP contribution >= 0.6 is 0 Å². The zero-order chi connectivity index (χ0) is 37.6. The average Bonchev–Trinajstić information content (AvgIpc) is 3.17. The third-order valence-electron chi connectivity index (χ3n) is 11.5. The Morgan fingerprint density at radius 3 is 0.667 bits per heavy atom. The number of phenolic OH excluding ortho intramolecular Hbond substituents is 3. The fraction of sp³-hybridized carbons (Fsp3) is 0.467.